The van der Waals surface area contributed by atoms with E-state index >= 15 is 0 Å². The molecule has 0 aromatic carbocycles. The summed E-state index contributed by atoms with van der Waals surface area (Å²) in [6, 6.07) is 2.00. The van der Waals surface area contributed by atoms with E-state index in [1.807, 2.05) is 6.92 Å². The van der Waals surface area contributed by atoms with Crippen LogP contribution in [0.3, 0.4) is 0 Å². The number of nitrogens with zero attached hydrogens (tertiary/aromatic N) is 4. The summed E-state index contributed by atoms with van der Waals surface area (Å²) in [4.78, 5) is 20.0. The molecule has 2 rings (SSSR count). The lowest BCUT2D eigenvalue weighted by molar-refractivity contribution is -0.119. The Kier molecular flexibility index (Phi) is 4.73. The molecule has 102 valence electrons. The van der Waals surface area contributed by atoms with E-state index in [1.54, 1.807) is 23.0 Å². The normalized spacial score (nSPS) is 12.5. The summed E-state index contributed by atoms with van der Waals surface area (Å²) < 4.78 is 1.60. The lowest BCUT2D eigenvalue weighted by Gasteiger charge is -2.11. The summed E-state index contributed by atoms with van der Waals surface area (Å²) >= 11 is 1.32. The maximum absolute atomic E-state index is 11.7. The summed E-state index contributed by atoms with van der Waals surface area (Å²) in [6.07, 6.45) is 5.50. The predicted octanol–water partition coefficient (Wildman–Crippen LogP) is 1.52. The molecule has 0 fully saturated rings. The van der Waals surface area contributed by atoms with Gasteiger partial charge in [0.05, 0.1) is 5.75 Å². The van der Waals surface area contributed by atoms with Gasteiger partial charge in [0.2, 0.25) is 11.1 Å². The van der Waals surface area contributed by atoms with Crippen molar-refractivity contribution >= 4 is 23.4 Å². The molecule has 6 nitrogen and oxygen atoms in total. The third-order valence-electron chi connectivity index (χ3n) is 2.56. The number of hydrogen-bond acceptors (Lipinski definition) is 5. The molecule has 0 saturated heterocycles. The SMILES string of the molecule is CCCC(C)NC(=O)CSc1nc2ncccn2n1. The number of carbonyl (C=O) groups excluding carboxylic acids is 1. The van der Waals surface area contributed by atoms with Crippen molar-refractivity contribution in [1.29, 1.82) is 0 Å². The Morgan fingerprint density at radius 1 is 1.58 bits per heavy atom. The maximum atomic E-state index is 11.7. The van der Waals surface area contributed by atoms with Gasteiger partial charge in [0.1, 0.15) is 0 Å². The topological polar surface area (TPSA) is 72.2 Å². The smallest absolute Gasteiger partial charge is 0.253 e. The van der Waals surface area contributed by atoms with E-state index in [1.165, 1.54) is 11.8 Å². The van der Waals surface area contributed by atoms with Crippen LogP contribution in [0.25, 0.3) is 5.78 Å². The number of hydrogen-bond donors (Lipinski definition) is 1. The number of nitrogens with one attached hydrogen (secondary N) is 1. The maximum Gasteiger partial charge on any atom is 0.253 e. The molecule has 0 aliphatic carbocycles. The second-order valence-corrected chi connectivity index (χ2v) is 5.25. The van der Waals surface area contributed by atoms with Crippen LogP contribution >= 0.6 is 11.8 Å². The van der Waals surface area contributed by atoms with Crippen LogP contribution < -0.4 is 5.32 Å². The molecule has 1 unspecified atom stereocenters. The Morgan fingerprint density at radius 2 is 2.42 bits per heavy atom. The zero-order valence-electron chi connectivity index (χ0n) is 11.0. The molecular formula is C12H17N5OS. The highest BCUT2D eigenvalue weighted by Gasteiger charge is 2.10. The Labute approximate surface area is 116 Å². The van der Waals surface area contributed by atoms with Crippen LogP contribution in [-0.4, -0.2) is 37.3 Å². The number of amides is 1. The van der Waals surface area contributed by atoms with Crippen molar-refractivity contribution in [2.45, 2.75) is 37.9 Å². The molecule has 2 heterocycles. The van der Waals surface area contributed by atoms with Crippen molar-refractivity contribution < 1.29 is 4.79 Å². The summed E-state index contributed by atoms with van der Waals surface area (Å²) in [5.74, 6) is 0.882. The highest BCUT2D eigenvalue weighted by Crippen LogP contribution is 2.13. The molecule has 2 aromatic rings. The highest BCUT2D eigenvalue weighted by atomic mass is 32.2. The lowest BCUT2D eigenvalue weighted by Crippen LogP contribution is -2.33. The monoisotopic (exact) mass is 279 g/mol. The summed E-state index contributed by atoms with van der Waals surface area (Å²) in [7, 11) is 0. The van der Waals surface area contributed by atoms with Crippen LogP contribution in [0.15, 0.2) is 23.6 Å². The van der Waals surface area contributed by atoms with Crippen LogP contribution in [0.4, 0.5) is 0 Å². The zero-order chi connectivity index (χ0) is 13.7. The molecule has 19 heavy (non-hydrogen) atoms. The van der Waals surface area contributed by atoms with Crippen LogP contribution in [0.5, 0.6) is 0 Å². The first-order valence-electron chi connectivity index (χ1n) is 6.28. The van der Waals surface area contributed by atoms with E-state index in [0.717, 1.165) is 12.8 Å². The summed E-state index contributed by atoms with van der Waals surface area (Å²) in [5.41, 5.74) is 0. The first kappa shape index (κ1) is 13.8. The average Bonchev–Trinajstić information content (AvgIpc) is 2.79. The Morgan fingerprint density at radius 3 is 3.16 bits per heavy atom. The molecular weight excluding hydrogens is 262 g/mol. The van der Waals surface area contributed by atoms with E-state index in [0.29, 0.717) is 16.7 Å². The molecule has 0 saturated carbocycles. The van der Waals surface area contributed by atoms with Crippen molar-refractivity contribution in [3.05, 3.63) is 18.5 Å². The minimum atomic E-state index is 0.0118. The molecule has 7 heteroatoms. The summed E-state index contributed by atoms with van der Waals surface area (Å²) in [6.45, 7) is 4.12. The minimum Gasteiger partial charge on any atom is -0.353 e. The van der Waals surface area contributed by atoms with E-state index in [4.69, 9.17) is 0 Å². The molecule has 1 N–H and O–H groups in total. The van der Waals surface area contributed by atoms with Gasteiger partial charge < -0.3 is 5.32 Å². The van der Waals surface area contributed by atoms with Crippen LogP contribution in [0, 0.1) is 0 Å². The predicted molar refractivity (Wildman–Crippen MR) is 74.0 cm³/mol. The second kappa shape index (κ2) is 6.51. The lowest BCUT2D eigenvalue weighted by atomic mass is 10.2. The Hall–Kier alpha value is -1.63. The highest BCUT2D eigenvalue weighted by molar-refractivity contribution is 7.99. The van der Waals surface area contributed by atoms with Crippen molar-refractivity contribution in [3.63, 3.8) is 0 Å². The number of thioether (sulfide) groups is 1. The largest absolute Gasteiger partial charge is 0.353 e. The van der Waals surface area contributed by atoms with Gasteiger partial charge in [-0.2, -0.15) is 4.98 Å². The van der Waals surface area contributed by atoms with Crippen LogP contribution in [0.2, 0.25) is 0 Å². The van der Waals surface area contributed by atoms with Gasteiger partial charge in [-0.15, -0.1) is 5.10 Å². The van der Waals surface area contributed by atoms with Gasteiger partial charge in [-0.3, -0.25) is 4.79 Å². The second-order valence-electron chi connectivity index (χ2n) is 4.30. The fourth-order valence-corrected chi connectivity index (χ4v) is 2.36. The van der Waals surface area contributed by atoms with Crippen LogP contribution in [0.1, 0.15) is 26.7 Å². The molecule has 0 radical (unpaired) electrons. The molecule has 1 atom stereocenters. The fraction of sp³-hybridized carbons (Fsp3) is 0.500. The summed E-state index contributed by atoms with van der Waals surface area (Å²) in [5, 5.41) is 7.74. The number of carbonyl (C=O) groups is 1. The third-order valence-corrected chi connectivity index (χ3v) is 3.40. The Balaban J connectivity index is 1.86. The third kappa shape index (κ3) is 3.92. The van der Waals surface area contributed by atoms with Crippen molar-refractivity contribution in [3.8, 4) is 0 Å². The standard InChI is InChI=1S/C12H17N5OS/c1-3-5-9(2)14-10(18)8-19-12-15-11-13-6-4-7-17(11)16-12/h4,6-7,9H,3,5,8H2,1-2H3,(H,14,18). The van der Waals surface area contributed by atoms with Gasteiger partial charge in [0.15, 0.2) is 0 Å². The van der Waals surface area contributed by atoms with E-state index in [-0.39, 0.29) is 11.9 Å². The fourth-order valence-electron chi connectivity index (χ4n) is 1.73. The molecule has 0 spiro atoms. The Bertz CT molecular complexity index is 523. The van der Waals surface area contributed by atoms with Gasteiger partial charge in [0.25, 0.3) is 5.78 Å². The molecule has 0 aliphatic heterocycles. The van der Waals surface area contributed by atoms with Crippen molar-refractivity contribution in [2.24, 2.45) is 0 Å². The number of aromatic nitrogens is 4. The van der Waals surface area contributed by atoms with Crippen LogP contribution in [-0.2, 0) is 4.79 Å². The van der Waals surface area contributed by atoms with E-state index < -0.39 is 0 Å². The molecule has 2 aromatic heterocycles. The number of fused-ring (bicyclic) bond motifs is 1. The van der Waals surface area contributed by atoms with Gasteiger partial charge in [-0.05, 0) is 19.4 Å². The van der Waals surface area contributed by atoms with E-state index in [2.05, 4.69) is 27.3 Å². The van der Waals surface area contributed by atoms with Gasteiger partial charge in [-0.1, -0.05) is 25.1 Å². The van der Waals surface area contributed by atoms with Gasteiger partial charge in [-0.25, -0.2) is 9.50 Å². The quantitative estimate of drug-likeness (QED) is 0.812. The van der Waals surface area contributed by atoms with Crippen molar-refractivity contribution in [2.75, 3.05) is 5.75 Å². The van der Waals surface area contributed by atoms with Gasteiger partial charge >= 0.3 is 0 Å². The first-order chi connectivity index (χ1) is 9.19. The minimum absolute atomic E-state index is 0.0118. The number of rotatable bonds is 6. The van der Waals surface area contributed by atoms with Crippen molar-refractivity contribution in [1.82, 2.24) is 24.9 Å². The first-order valence-corrected chi connectivity index (χ1v) is 7.27. The van der Waals surface area contributed by atoms with Gasteiger partial charge in [0, 0.05) is 18.4 Å². The molecule has 0 aliphatic rings. The average molecular weight is 279 g/mol. The zero-order valence-corrected chi connectivity index (χ0v) is 11.9. The molecule has 0 bridgehead atoms. The molecule has 1 amide bonds. The van der Waals surface area contributed by atoms with E-state index in [9.17, 15) is 4.79 Å².